The van der Waals surface area contributed by atoms with E-state index in [4.69, 9.17) is 0 Å². The van der Waals surface area contributed by atoms with E-state index >= 15 is 0 Å². The van der Waals surface area contributed by atoms with Crippen molar-refractivity contribution in [2.24, 2.45) is 5.92 Å². The van der Waals surface area contributed by atoms with Crippen LogP contribution in [0.3, 0.4) is 0 Å². The van der Waals surface area contributed by atoms with Gasteiger partial charge in [-0.1, -0.05) is 6.07 Å². The Hall–Kier alpha value is -1.12. The number of benzene rings is 1. The summed E-state index contributed by atoms with van der Waals surface area (Å²) in [6, 6.07) is 2.64. The molecule has 1 aromatic rings. The molecule has 0 bridgehead atoms. The zero-order valence-electron chi connectivity index (χ0n) is 12.3. The summed E-state index contributed by atoms with van der Waals surface area (Å²) in [5, 5.41) is 9.84. The number of sulfonamides is 1. The molecule has 1 fully saturated rings. The van der Waals surface area contributed by atoms with Gasteiger partial charge in [0.2, 0.25) is 10.0 Å². The van der Waals surface area contributed by atoms with Gasteiger partial charge in [0.25, 0.3) is 0 Å². The Morgan fingerprint density at radius 1 is 1.36 bits per heavy atom. The van der Waals surface area contributed by atoms with E-state index in [0.29, 0.717) is 6.07 Å². The highest BCUT2D eigenvalue weighted by Gasteiger charge is 2.35. The maximum atomic E-state index is 12.8. The minimum Gasteiger partial charge on any atom is -0.391 e. The molecule has 22 heavy (non-hydrogen) atoms. The summed E-state index contributed by atoms with van der Waals surface area (Å²) in [7, 11) is -2.82. The van der Waals surface area contributed by atoms with Gasteiger partial charge in [-0.25, -0.2) is 8.42 Å². The smallest absolute Gasteiger partial charge is 0.391 e. The predicted octanol–water partition coefficient (Wildman–Crippen LogP) is 2.41. The molecule has 0 spiro atoms. The van der Waals surface area contributed by atoms with Gasteiger partial charge in [0.15, 0.2) is 0 Å². The van der Waals surface area contributed by atoms with E-state index in [1.54, 1.807) is 0 Å². The van der Waals surface area contributed by atoms with Crippen molar-refractivity contribution in [3.8, 4) is 0 Å². The third kappa shape index (κ3) is 3.61. The molecule has 124 valence electrons. The lowest BCUT2D eigenvalue weighted by Crippen LogP contribution is -2.35. The van der Waals surface area contributed by atoms with E-state index in [1.165, 1.54) is 14.0 Å². The molecule has 0 heterocycles. The zero-order valence-corrected chi connectivity index (χ0v) is 13.1. The Labute approximate surface area is 127 Å². The Balaban J connectivity index is 2.31. The summed E-state index contributed by atoms with van der Waals surface area (Å²) in [4.78, 5) is -0.382. The lowest BCUT2D eigenvalue weighted by Gasteiger charge is -2.22. The number of aliphatic hydroxyl groups excluding tert-OH is 1. The van der Waals surface area contributed by atoms with Crippen molar-refractivity contribution < 1.29 is 26.7 Å². The first-order chi connectivity index (χ1) is 10.0. The molecule has 2 rings (SSSR count). The van der Waals surface area contributed by atoms with Crippen LogP contribution in [0.4, 0.5) is 13.2 Å². The minimum atomic E-state index is -4.61. The van der Waals surface area contributed by atoms with E-state index in [-0.39, 0.29) is 22.9 Å². The number of likely N-dealkylation sites (N-methyl/N-ethyl adjacent to an activating group) is 1. The van der Waals surface area contributed by atoms with E-state index < -0.39 is 27.9 Å². The maximum Gasteiger partial charge on any atom is 0.416 e. The van der Waals surface area contributed by atoms with Crippen LogP contribution in [0.15, 0.2) is 23.1 Å². The molecular formula is C14H18F3NO3S. The number of hydrogen-bond acceptors (Lipinski definition) is 3. The van der Waals surface area contributed by atoms with Crippen molar-refractivity contribution >= 4 is 10.0 Å². The van der Waals surface area contributed by atoms with Crippen molar-refractivity contribution in [2.45, 2.75) is 36.9 Å². The fourth-order valence-corrected chi connectivity index (χ4v) is 3.65. The molecule has 1 atom stereocenters. The summed E-state index contributed by atoms with van der Waals surface area (Å²) >= 11 is 0. The largest absolute Gasteiger partial charge is 0.416 e. The summed E-state index contributed by atoms with van der Waals surface area (Å²) < 4.78 is 64.1. The first-order valence-corrected chi connectivity index (χ1v) is 8.29. The number of aliphatic hydroxyl groups is 1. The average Bonchev–Trinajstić information content (AvgIpc) is 3.21. The van der Waals surface area contributed by atoms with Crippen molar-refractivity contribution in [1.82, 2.24) is 4.31 Å². The highest BCUT2D eigenvalue weighted by Crippen LogP contribution is 2.34. The van der Waals surface area contributed by atoms with Crippen LogP contribution in [0, 0.1) is 12.8 Å². The third-order valence-electron chi connectivity index (χ3n) is 3.81. The van der Waals surface area contributed by atoms with E-state index in [1.807, 2.05) is 0 Å². The van der Waals surface area contributed by atoms with Crippen LogP contribution in [0.5, 0.6) is 0 Å². The molecular weight excluding hydrogens is 319 g/mol. The maximum absolute atomic E-state index is 12.8. The van der Waals surface area contributed by atoms with Crippen molar-refractivity contribution in [3.05, 3.63) is 29.3 Å². The fraction of sp³-hybridized carbons (Fsp3) is 0.571. The Morgan fingerprint density at radius 3 is 2.45 bits per heavy atom. The molecule has 4 nitrogen and oxygen atoms in total. The van der Waals surface area contributed by atoms with Crippen LogP contribution in [-0.2, 0) is 16.2 Å². The van der Waals surface area contributed by atoms with Gasteiger partial charge in [-0.2, -0.15) is 17.5 Å². The lowest BCUT2D eigenvalue weighted by atomic mass is 10.1. The van der Waals surface area contributed by atoms with Crippen LogP contribution in [0.1, 0.15) is 24.0 Å². The van der Waals surface area contributed by atoms with Crippen LogP contribution >= 0.6 is 0 Å². The second-order valence-corrected chi connectivity index (χ2v) is 7.68. The van der Waals surface area contributed by atoms with Gasteiger partial charge in [0.1, 0.15) is 0 Å². The molecule has 8 heteroatoms. The summed E-state index contributed by atoms with van der Waals surface area (Å²) in [5.41, 5.74) is -0.770. The normalized spacial score (nSPS) is 17.8. The zero-order chi connectivity index (χ0) is 16.7. The first kappa shape index (κ1) is 17.2. The standard InChI is InChI=1S/C14H18F3NO3S/c1-9-3-6-11(14(15,16)17)7-13(9)22(20,21)18(2)8-12(19)10-4-5-10/h3,6-7,10,12,19H,4-5,8H2,1-2H3. The topological polar surface area (TPSA) is 57.6 Å². The highest BCUT2D eigenvalue weighted by atomic mass is 32.2. The molecule has 1 saturated carbocycles. The molecule has 0 saturated heterocycles. The number of aryl methyl sites for hydroxylation is 1. The monoisotopic (exact) mass is 337 g/mol. The van der Waals surface area contributed by atoms with Gasteiger partial charge in [0.05, 0.1) is 16.6 Å². The Bertz CT molecular complexity index is 654. The third-order valence-corrected chi connectivity index (χ3v) is 5.78. The Kier molecular flexibility index (Phi) is 4.56. The van der Waals surface area contributed by atoms with Gasteiger partial charge in [-0.05, 0) is 43.4 Å². The van der Waals surface area contributed by atoms with Crippen LogP contribution < -0.4 is 0 Å². The van der Waals surface area contributed by atoms with Gasteiger partial charge in [0, 0.05) is 13.6 Å². The lowest BCUT2D eigenvalue weighted by molar-refractivity contribution is -0.137. The van der Waals surface area contributed by atoms with Crippen molar-refractivity contribution in [1.29, 1.82) is 0 Å². The first-order valence-electron chi connectivity index (χ1n) is 6.85. The summed E-state index contributed by atoms with van der Waals surface area (Å²) in [6.07, 6.45) is -3.70. The van der Waals surface area contributed by atoms with E-state index in [2.05, 4.69) is 0 Å². The van der Waals surface area contributed by atoms with Gasteiger partial charge in [-0.3, -0.25) is 0 Å². The number of nitrogens with zero attached hydrogens (tertiary/aromatic N) is 1. The number of alkyl halides is 3. The number of halogens is 3. The fourth-order valence-electron chi connectivity index (χ4n) is 2.21. The van der Waals surface area contributed by atoms with Crippen LogP contribution in [0.25, 0.3) is 0 Å². The molecule has 0 aliphatic heterocycles. The molecule has 1 unspecified atom stereocenters. The van der Waals surface area contributed by atoms with Crippen molar-refractivity contribution in [3.63, 3.8) is 0 Å². The van der Waals surface area contributed by atoms with Crippen LogP contribution in [0.2, 0.25) is 0 Å². The molecule has 1 aliphatic rings. The summed E-state index contributed by atoms with van der Waals surface area (Å²) in [6.45, 7) is 1.32. The number of hydrogen-bond donors (Lipinski definition) is 1. The second-order valence-electron chi connectivity index (χ2n) is 5.67. The van der Waals surface area contributed by atoms with Crippen LogP contribution in [-0.4, -0.2) is 37.5 Å². The SMILES string of the molecule is Cc1ccc(C(F)(F)F)cc1S(=O)(=O)N(C)CC(O)C1CC1. The molecule has 0 radical (unpaired) electrons. The van der Waals surface area contributed by atoms with E-state index in [9.17, 15) is 26.7 Å². The van der Waals surface area contributed by atoms with Gasteiger partial charge >= 0.3 is 6.18 Å². The molecule has 1 aliphatic carbocycles. The van der Waals surface area contributed by atoms with Gasteiger partial charge in [-0.15, -0.1) is 0 Å². The summed E-state index contributed by atoms with van der Waals surface area (Å²) in [5.74, 6) is 0.0836. The predicted molar refractivity (Wildman–Crippen MR) is 74.7 cm³/mol. The van der Waals surface area contributed by atoms with E-state index in [0.717, 1.165) is 29.3 Å². The van der Waals surface area contributed by atoms with Gasteiger partial charge < -0.3 is 5.11 Å². The quantitative estimate of drug-likeness (QED) is 0.898. The molecule has 0 amide bonds. The second kappa shape index (κ2) is 5.82. The molecule has 0 aromatic heterocycles. The minimum absolute atomic E-state index is 0.0836. The van der Waals surface area contributed by atoms with Crippen molar-refractivity contribution in [2.75, 3.05) is 13.6 Å². The highest BCUT2D eigenvalue weighted by molar-refractivity contribution is 7.89. The number of rotatable bonds is 5. The molecule has 1 N–H and O–H groups in total. The Morgan fingerprint density at radius 2 is 1.95 bits per heavy atom. The average molecular weight is 337 g/mol. The molecule has 1 aromatic carbocycles.